The van der Waals surface area contributed by atoms with Crippen LogP contribution in [0.25, 0.3) is 11.3 Å². The van der Waals surface area contributed by atoms with E-state index in [4.69, 9.17) is 4.98 Å². The number of aryl methyl sites for hydroxylation is 2. The Morgan fingerprint density at radius 2 is 1.89 bits per heavy atom. The molecule has 0 atom stereocenters. The molecule has 1 fully saturated rings. The van der Waals surface area contributed by atoms with Crippen molar-refractivity contribution in [3.8, 4) is 11.3 Å². The third-order valence-corrected chi connectivity index (χ3v) is 5.00. The van der Waals surface area contributed by atoms with Crippen LogP contribution in [0.3, 0.4) is 0 Å². The fourth-order valence-electron chi connectivity index (χ4n) is 3.49. The molecule has 4 heteroatoms. The summed E-state index contributed by atoms with van der Waals surface area (Å²) in [6, 6.07) is 15.9. The van der Waals surface area contributed by atoms with Gasteiger partial charge in [0.1, 0.15) is 0 Å². The molecule has 0 unspecified atom stereocenters. The molecule has 2 aromatic carbocycles. The summed E-state index contributed by atoms with van der Waals surface area (Å²) >= 11 is 0. The molecule has 1 aromatic heterocycles. The maximum Gasteiger partial charge on any atom is 0.337 e. The number of aromatic nitrogens is 1. The summed E-state index contributed by atoms with van der Waals surface area (Å²) in [6.45, 7) is 3.93. The predicted molar refractivity (Wildman–Crippen MR) is 108 cm³/mol. The van der Waals surface area contributed by atoms with Gasteiger partial charge in [-0.2, -0.15) is 0 Å². The maximum absolute atomic E-state index is 11.5. The van der Waals surface area contributed by atoms with Gasteiger partial charge in [0.05, 0.1) is 28.8 Å². The molecule has 0 amide bonds. The van der Waals surface area contributed by atoms with Crippen molar-refractivity contribution in [3.05, 3.63) is 77.0 Å². The molecule has 0 bridgehead atoms. The number of anilines is 2. The Hall–Kier alpha value is -3.14. The Labute approximate surface area is 158 Å². The zero-order chi connectivity index (χ0) is 19.0. The number of pyridine rings is 1. The molecule has 1 saturated carbocycles. The number of rotatable bonds is 5. The van der Waals surface area contributed by atoms with E-state index in [0.717, 1.165) is 22.5 Å². The summed E-state index contributed by atoms with van der Waals surface area (Å²) in [6.07, 6.45) is 4.28. The molecule has 3 aromatic rings. The zero-order valence-corrected chi connectivity index (χ0v) is 15.5. The Bertz CT molecular complexity index is 1020. The Kier molecular flexibility index (Phi) is 4.40. The second kappa shape index (κ2) is 6.88. The van der Waals surface area contributed by atoms with Crippen LogP contribution in [0.1, 0.15) is 45.8 Å². The number of carboxylic acid groups (broad SMARTS) is 1. The van der Waals surface area contributed by atoms with E-state index in [1.165, 1.54) is 24.0 Å². The highest BCUT2D eigenvalue weighted by Gasteiger charge is 2.26. The van der Waals surface area contributed by atoms with Crippen molar-refractivity contribution in [1.29, 1.82) is 0 Å². The number of benzene rings is 2. The van der Waals surface area contributed by atoms with E-state index in [0.29, 0.717) is 11.6 Å². The maximum atomic E-state index is 11.5. The fourth-order valence-corrected chi connectivity index (χ4v) is 3.49. The first kappa shape index (κ1) is 17.3. The molecule has 2 N–H and O–H groups in total. The van der Waals surface area contributed by atoms with E-state index in [1.54, 1.807) is 18.3 Å². The number of hydrogen-bond donors (Lipinski definition) is 2. The fraction of sp³-hybridized carbons (Fsp3) is 0.217. The first-order valence-electron chi connectivity index (χ1n) is 9.20. The van der Waals surface area contributed by atoms with Crippen molar-refractivity contribution in [2.75, 3.05) is 5.32 Å². The molecule has 1 aliphatic carbocycles. The van der Waals surface area contributed by atoms with Crippen molar-refractivity contribution >= 4 is 17.3 Å². The molecule has 0 radical (unpaired) electrons. The number of nitrogens with zero attached hydrogens (tertiary/aromatic N) is 1. The number of carboxylic acids is 1. The van der Waals surface area contributed by atoms with Gasteiger partial charge in [-0.3, -0.25) is 4.98 Å². The molecule has 0 spiro atoms. The smallest absolute Gasteiger partial charge is 0.337 e. The standard InChI is InChI=1S/C23H22N2O2/c1-14-7-10-21(20(11-14)23(26)27)25-17-12-15(2)22(24-13-17)19-6-4-3-5-18(19)16-8-9-16/h3-7,10-13,16,25H,8-9H2,1-2H3,(H,26,27). The summed E-state index contributed by atoms with van der Waals surface area (Å²) < 4.78 is 0. The van der Waals surface area contributed by atoms with Crippen molar-refractivity contribution < 1.29 is 9.90 Å². The zero-order valence-electron chi connectivity index (χ0n) is 15.5. The number of nitrogens with one attached hydrogen (secondary N) is 1. The minimum atomic E-state index is -0.944. The van der Waals surface area contributed by atoms with Crippen LogP contribution in [0.4, 0.5) is 11.4 Å². The molecule has 0 aliphatic heterocycles. The van der Waals surface area contributed by atoms with Gasteiger partial charge in [-0.25, -0.2) is 4.79 Å². The van der Waals surface area contributed by atoms with E-state index in [1.807, 2.05) is 26.0 Å². The third kappa shape index (κ3) is 3.56. The van der Waals surface area contributed by atoms with Gasteiger partial charge in [0.2, 0.25) is 0 Å². The van der Waals surface area contributed by atoms with Gasteiger partial charge in [-0.15, -0.1) is 0 Å². The van der Waals surface area contributed by atoms with Crippen LogP contribution < -0.4 is 5.32 Å². The molecule has 4 rings (SSSR count). The topological polar surface area (TPSA) is 62.2 Å². The van der Waals surface area contributed by atoms with Crippen LogP contribution in [0.15, 0.2) is 54.7 Å². The van der Waals surface area contributed by atoms with Crippen LogP contribution >= 0.6 is 0 Å². The van der Waals surface area contributed by atoms with E-state index in [-0.39, 0.29) is 5.56 Å². The highest BCUT2D eigenvalue weighted by atomic mass is 16.4. The molecule has 1 aliphatic rings. The van der Waals surface area contributed by atoms with Crippen LogP contribution in [0.5, 0.6) is 0 Å². The van der Waals surface area contributed by atoms with Crippen LogP contribution in [0.2, 0.25) is 0 Å². The van der Waals surface area contributed by atoms with Gasteiger partial charge in [-0.05, 0) is 61.9 Å². The quantitative estimate of drug-likeness (QED) is 0.615. The first-order valence-corrected chi connectivity index (χ1v) is 9.20. The lowest BCUT2D eigenvalue weighted by molar-refractivity contribution is 0.0698. The molecular formula is C23H22N2O2. The van der Waals surface area contributed by atoms with Gasteiger partial charge in [0, 0.05) is 5.56 Å². The molecule has 136 valence electrons. The lowest BCUT2D eigenvalue weighted by Gasteiger charge is -2.14. The SMILES string of the molecule is Cc1ccc(Nc2cnc(-c3ccccc3C3CC3)c(C)c2)c(C(=O)O)c1. The van der Waals surface area contributed by atoms with E-state index >= 15 is 0 Å². The van der Waals surface area contributed by atoms with Crippen molar-refractivity contribution in [2.45, 2.75) is 32.6 Å². The van der Waals surface area contributed by atoms with Gasteiger partial charge in [0.15, 0.2) is 0 Å². The lowest BCUT2D eigenvalue weighted by atomic mass is 9.97. The summed E-state index contributed by atoms with van der Waals surface area (Å²) in [5, 5.41) is 12.7. The van der Waals surface area contributed by atoms with E-state index in [9.17, 15) is 9.90 Å². The van der Waals surface area contributed by atoms with Gasteiger partial charge >= 0.3 is 5.97 Å². The monoisotopic (exact) mass is 358 g/mol. The largest absolute Gasteiger partial charge is 0.478 e. The summed E-state index contributed by atoms with van der Waals surface area (Å²) in [4.78, 5) is 16.2. The molecule has 4 nitrogen and oxygen atoms in total. The first-order chi connectivity index (χ1) is 13.0. The van der Waals surface area contributed by atoms with Crippen LogP contribution in [0, 0.1) is 13.8 Å². The van der Waals surface area contributed by atoms with Gasteiger partial charge in [-0.1, -0.05) is 35.9 Å². The molecular weight excluding hydrogens is 336 g/mol. The second-order valence-electron chi connectivity index (χ2n) is 7.23. The number of aromatic carboxylic acids is 1. The van der Waals surface area contributed by atoms with Crippen LogP contribution in [-0.4, -0.2) is 16.1 Å². The molecule has 1 heterocycles. The number of hydrogen-bond acceptors (Lipinski definition) is 3. The number of carbonyl (C=O) groups is 1. The highest BCUT2D eigenvalue weighted by Crippen LogP contribution is 2.44. The summed E-state index contributed by atoms with van der Waals surface area (Å²) in [5.74, 6) is -0.285. The minimum Gasteiger partial charge on any atom is -0.478 e. The van der Waals surface area contributed by atoms with Crippen LogP contribution in [-0.2, 0) is 0 Å². The van der Waals surface area contributed by atoms with E-state index in [2.05, 4.69) is 29.6 Å². The van der Waals surface area contributed by atoms with Crippen molar-refractivity contribution in [1.82, 2.24) is 4.98 Å². The van der Waals surface area contributed by atoms with Crippen molar-refractivity contribution in [3.63, 3.8) is 0 Å². The summed E-state index contributed by atoms with van der Waals surface area (Å²) in [5.41, 5.74) is 7.16. The summed E-state index contributed by atoms with van der Waals surface area (Å²) in [7, 11) is 0. The minimum absolute atomic E-state index is 0.260. The highest BCUT2D eigenvalue weighted by molar-refractivity contribution is 5.95. The average molecular weight is 358 g/mol. The second-order valence-corrected chi connectivity index (χ2v) is 7.23. The predicted octanol–water partition coefficient (Wildman–Crippen LogP) is 5.68. The Morgan fingerprint density at radius 1 is 1.11 bits per heavy atom. The normalized spacial score (nSPS) is 13.4. The Morgan fingerprint density at radius 3 is 2.59 bits per heavy atom. The average Bonchev–Trinajstić information content (AvgIpc) is 3.48. The molecule has 27 heavy (non-hydrogen) atoms. The van der Waals surface area contributed by atoms with Crippen molar-refractivity contribution in [2.24, 2.45) is 0 Å². The third-order valence-electron chi connectivity index (χ3n) is 5.00. The van der Waals surface area contributed by atoms with E-state index < -0.39 is 5.97 Å². The lowest BCUT2D eigenvalue weighted by Crippen LogP contribution is -2.04. The Balaban J connectivity index is 1.67. The van der Waals surface area contributed by atoms with Gasteiger partial charge in [0.25, 0.3) is 0 Å². The molecule has 0 saturated heterocycles. The van der Waals surface area contributed by atoms with Gasteiger partial charge < -0.3 is 10.4 Å².